The predicted octanol–water partition coefficient (Wildman–Crippen LogP) is -0.0137. The zero-order chi connectivity index (χ0) is 15.0. The number of hydrogen-bond donors (Lipinski definition) is 5. The molecule has 108 valence electrons. The summed E-state index contributed by atoms with van der Waals surface area (Å²) in [6, 6.07) is 0. The maximum Gasteiger partial charge on any atom is 0.200 e. The maximum atomic E-state index is 10.7. The molecule has 0 bridgehead atoms. The fourth-order valence-electron chi connectivity index (χ4n) is 3.07. The highest BCUT2D eigenvalue weighted by atomic mass is 16.5. The standard InChI is InChI=1S/C13H26O5/c1-8(2)10(5,14)11(6,15)9(3,4)13(17,18)12(8,7)16/h14-18H,1-7H3. The third kappa shape index (κ3) is 1.20. The Morgan fingerprint density at radius 3 is 1.06 bits per heavy atom. The minimum atomic E-state index is -2.56. The molecule has 5 N–H and O–H groups in total. The zero-order valence-electron chi connectivity index (χ0n) is 12.2. The van der Waals surface area contributed by atoms with Gasteiger partial charge in [-0.1, -0.05) is 27.7 Å². The second-order valence-electron chi connectivity index (χ2n) is 7.14. The van der Waals surface area contributed by atoms with Crippen molar-refractivity contribution < 1.29 is 25.5 Å². The van der Waals surface area contributed by atoms with Crippen LogP contribution in [-0.4, -0.2) is 48.1 Å². The Kier molecular flexibility index (Phi) is 2.88. The van der Waals surface area contributed by atoms with Gasteiger partial charge in [0.05, 0.1) is 11.0 Å². The lowest BCUT2D eigenvalue weighted by Crippen LogP contribution is -2.85. The van der Waals surface area contributed by atoms with Gasteiger partial charge in [0.25, 0.3) is 0 Å². The first-order valence-corrected chi connectivity index (χ1v) is 6.12. The third-order valence-corrected chi connectivity index (χ3v) is 6.15. The van der Waals surface area contributed by atoms with E-state index in [2.05, 4.69) is 0 Å². The molecular weight excluding hydrogens is 236 g/mol. The molecule has 0 amide bonds. The Hall–Kier alpha value is -0.200. The monoisotopic (exact) mass is 262 g/mol. The Labute approximate surface area is 108 Å². The summed E-state index contributed by atoms with van der Waals surface area (Å²) in [5.74, 6) is -2.56. The second-order valence-corrected chi connectivity index (χ2v) is 7.14. The molecular formula is C13H26O5. The van der Waals surface area contributed by atoms with Crippen molar-refractivity contribution in [1.82, 2.24) is 0 Å². The van der Waals surface area contributed by atoms with Gasteiger partial charge in [-0.25, -0.2) is 0 Å². The van der Waals surface area contributed by atoms with E-state index in [9.17, 15) is 25.5 Å². The van der Waals surface area contributed by atoms with Crippen LogP contribution in [0, 0.1) is 10.8 Å². The SMILES string of the molecule is CC1(C)C(C)(O)C(C)(O)C(C)(C)C(O)(O)C1(C)O. The van der Waals surface area contributed by atoms with Crippen molar-refractivity contribution in [2.75, 3.05) is 0 Å². The van der Waals surface area contributed by atoms with Crippen LogP contribution >= 0.6 is 0 Å². The number of rotatable bonds is 0. The van der Waals surface area contributed by atoms with E-state index in [-0.39, 0.29) is 0 Å². The van der Waals surface area contributed by atoms with Crippen LogP contribution in [0.4, 0.5) is 0 Å². The fraction of sp³-hybridized carbons (Fsp3) is 1.00. The molecule has 0 aromatic rings. The Bertz CT molecular complexity index is 247. The lowest BCUT2D eigenvalue weighted by Gasteiger charge is -2.70. The minimum Gasteiger partial charge on any atom is -0.386 e. The molecule has 3 atom stereocenters. The Morgan fingerprint density at radius 2 is 0.722 bits per heavy atom. The lowest BCUT2D eigenvalue weighted by atomic mass is 9.43. The van der Waals surface area contributed by atoms with E-state index >= 15 is 0 Å². The van der Waals surface area contributed by atoms with Crippen molar-refractivity contribution in [2.24, 2.45) is 10.8 Å². The van der Waals surface area contributed by atoms with E-state index in [1.54, 1.807) is 0 Å². The first-order chi connectivity index (χ1) is 7.50. The summed E-state index contributed by atoms with van der Waals surface area (Å²) in [7, 11) is 0. The Balaban J connectivity index is 3.72. The molecule has 18 heavy (non-hydrogen) atoms. The lowest BCUT2D eigenvalue weighted by molar-refractivity contribution is -0.444. The number of hydrogen-bond acceptors (Lipinski definition) is 5. The van der Waals surface area contributed by atoms with E-state index in [1.165, 1.54) is 48.5 Å². The van der Waals surface area contributed by atoms with E-state index in [1.807, 2.05) is 0 Å². The largest absolute Gasteiger partial charge is 0.386 e. The van der Waals surface area contributed by atoms with Crippen LogP contribution in [0.15, 0.2) is 0 Å². The molecule has 1 aliphatic carbocycles. The van der Waals surface area contributed by atoms with Gasteiger partial charge in [-0.2, -0.15) is 0 Å². The van der Waals surface area contributed by atoms with Gasteiger partial charge in [0, 0.05) is 5.41 Å². The summed E-state index contributed by atoms with van der Waals surface area (Å²) in [4.78, 5) is 0. The molecule has 0 aromatic carbocycles. The van der Waals surface area contributed by atoms with E-state index < -0.39 is 33.4 Å². The van der Waals surface area contributed by atoms with Crippen molar-refractivity contribution in [3.8, 4) is 0 Å². The smallest absolute Gasteiger partial charge is 0.200 e. The molecule has 3 unspecified atom stereocenters. The highest BCUT2D eigenvalue weighted by Gasteiger charge is 2.79. The Morgan fingerprint density at radius 1 is 0.444 bits per heavy atom. The predicted molar refractivity (Wildman–Crippen MR) is 66.6 cm³/mol. The third-order valence-electron chi connectivity index (χ3n) is 6.15. The van der Waals surface area contributed by atoms with E-state index in [4.69, 9.17) is 0 Å². The first kappa shape index (κ1) is 15.9. The summed E-state index contributed by atoms with van der Waals surface area (Å²) in [6.45, 7) is 9.83. The highest BCUT2D eigenvalue weighted by Crippen LogP contribution is 2.64. The van der Waals surface area contributed by atoms with Crippen LogP contribution in [0.1, 0.15) is 48.5 Å². The molecule has 0 heterocycles. The van der Waals surface area contributed by atoms with Crippen molar-refractivity contribution in [1.29, 1.82) is 0 Å². The molecule has 0 aliphatic heterocycles. The highest BCUT2D eigenvalue weighted by molar-refractivity contribution is 5.26. The average Bonchev–Trinajstić information content (AvgIpc) is 2.14. The summed E-state index contributed by atoms with van der Waals surface area (Å²) in [5.41, 5.74) is -8.42. The molecule has 0 saturated heterocycles. The van der Waals surface area contributed by atoms with Crippen LogP contribution in [-0.2, 0) is 0 Å². The van der Waals surface area contributed by atoms with Crippen molar-refractivity contribution >= 4 is 0 Å². The summed E-state index contributed by atoms with van der Waals surface area (Å²) in [5, 5.41) is 52.7. The van der Waals surface area contributed by atoms with Gasteiger partial charge in [0.15, 0.2) is 0 Å². The molecule has 5 nitrogen and oxygen atoms in total. The van der Waals surface area contributed by atoms with Crippen LogP contribution in [0.5, 0.6) is 0 Å². The van der Waals surface area contributed by atoms with Gasteiger partial charge in [0.1, 0.15) is 11.2 Å². The molecule has 0 aromatic heterocycles. The summed E-state index contributed by atoms with van der Waals surface area (Å²) >= 11 is 0. The summed E-state index contributed by atoms with van der Waals surface area (Å²) < 4.78 is 0. The van der Waals surface area contributed by atoms with Gasteiger partial charge < -0.3 is 25.5 Å². The van der Waals surface area contributed by atoms with Gasteiger partial charge in [0.2, 0.25) is 5.79 Å². The minimum absolute atomic E-state index is 1.26. The van der Waals surface area contributed by atoms with Crippen LogP contribution in [0.3, 0.4) is 0 Å². The topological polar surface area (TPSA) is 101 Å². The average molecular weight is 262 g/mol. The fourth-order valence-corrected chi connectivity index (χ4v) is 3.07. The maximum absolute atomic E-state index is 10.7. The molecule has 1 aliphatic rings. The van der Waals surface area contributed by atoms with Crippen molar-refractivity contribution in [2.45, 2.75) is 71.1 Å². The second kappa shape index (κ2) is 3.27. The van der Waals surface area contributed by atoms with Gasteiger partial charge >= 0.3 is 0 Å². The van der Waals surface area contributed by atoms with Gasteiger partial charge in [-0.05, 0) is 20.8 Å². The first-order valence-electron chi connectivity index (χ1n) is 6.12. The quantitative estimate of drug-likeness (QED) is 0.395. The van der Waals surface area contributed by atoms with Crippen LogP contribution in [0.25, 0.3) is 0 Å². The van der Waals surface area contributed by atoms with E-state index in [0.717, 1.165) is 0 Å². The van der Waals surface area contributed by atoms with Crippen LogP contribution in [0.2, 0.25) is 0 Å². The van der Waals surface area contributed by atoms with Crippen molar-refractivity contribution in [3.05, 3.63) is 0 Å². The molecule has 1 rings (SSSR count). The molecule has 0 radical (unpaired) electrons. The molecule has 1 saturated carbocycles. The van der Waals surface area contributed by atoms with E-state index in [0.29, 0.717) is 0 Å². The zero-order valence-corrected chi connectivity index (χ0v) is 12.2. The molecule has 0 spiro atoms. The molecule has 5 heteroatoms. The van der Waals surface area contributed by atoms with Gasteiger partial charge in [-0.15, -0.1) is 0 Å². The molecule has 1 fully saturated rings. The summed E-state index contributed by atoms with van der Waals surface area (Å²) in [6.07, 6.45) is 0. The van der Waals surface area contributed by atoms with Crippen LogP contribution < -0.4 is 0 Å². The van der Waals surface area contributed by atoms with Crippen molar-refractivity contribution in [3.63, 3.8) is 0 Å². The normalized spacial score (nSPS) is 50.0. The number of aliphatic hydroxyl groups is 5. The van der Waals surface area contributed by atoms with Gasteiger partial charge in [-0.3, -0.25) is 0 Å².